The van der Waals surface area contributed by atoms with E-state index in [9.17, 15) is 9.59 Å². The predicted octanol–water partition coefficient (Wildman–Crippen LogP) is 2.95. The number of carbonyl (C=O) groups excluding carboxylic acids is 2. The molecule has 1 aromatic carbocycles. The lowest BCUT2D eigenvalue weighted by molar-refractivity contribution is -0.122. The third-order valence-corrected chi connectivity index (χ3v) is 4.38. The van der Waals surface area contributed by atoms with Crippen LogP contribution in [-0.4, -0.2) is 61.9 Å². The normalized spacial score (nSPS) is 12.3. The zero-order valence-electron chi connectivity index (χ0n) is 19.3. The Balaban J connectivity index is 2.57. The summed E-state index contributed by atoms with van der Waals surface area (Å²) in [5, 5.41) is 5.32. The van der Waals surface area contributed by atoms with Crippen LogP contribution in [0.15, 0.2) is 18.2 Å². The van der Waals surface area contributed by atoms with Gasteiger partial charge in [0, 0.05) is 13.1 Å². The highest BCUT2D eigenvalue weighted by Crippen LogP contribution is 2.28. The topological polar surface area (TPSA) is 89.1 Å². The highest BCUT2D eigenvalue weighted by molar-refractivity contribution is 5.85. The van der Waals surface area contributed by atoms with Crippen LogP contribution in [-0.2, 0) is 16.1 Å². The van der Waals surface area contributed by atoms with Crippen molar-refractivity contribution in [2.75, 3.05) is 33.4 Å². The molecule has 0 spiro atoms. The Labute approximate surface area is 180 Å². The van der Waals surface area contributed by atoms with Crippen molar-refractivity contribution in [3.05, 3.63) is 23.8 Å². The van der Waals surface area contributed by atoms with Crippen LogP contribution in [0.1, 0.15) is 47.1 Å². The van der Waals surface area contributed by atoms with Crippen molar-refractivity contribution in [1.82, 2.24) is 15.5 Å². The van der Waals surface area contributed by atoms with Crippen LogP contribution in [0.4, 0.5) is 4.79 Å². The number of hydrogen-bond acceptors (Lipinski definition) is 6. The molecule has 0 aliphatic carbocycles. The van der Waals surface area contributed by atoms with Gasteiger partial charge in [-0.2, -0.15) is 0 Å². The largest absolute Gasteiger partial charge is 0.493 e. The Morgan fingerprint density at radius 3 is 2.37 bits per heavy atom. The quantitative estimate of drug-likeness (QED) is 0.569. The molecule has 8 nitrogen and oxygen atoms in total. The lowest BCUT2D eigenvalue weighted by Gasteiger charge is -2.21. The predicted molar refractivity (Wildman–Crippen MR) is 117 cm³/mol. The van der Waals surface area contributed by atoms with Gasteiger partial charge in [-0.3, -0.25) is 4.79 Å². The molecule has 0 aromatic heterocycles. The summed E-state index contributed by atoms with van der Waals surface area (Å²) in [4.78, 5) is 26.3. The number of methoxy groups -OCH3 is 1. The van der Waals surface area contributed by atoms with E-state index >= 15 is 0 Å². The second kappa shape index (κ2) is 12.3. The molecule has 0 aliphatic rings. The monoisotopic (exact) mass is 423 g/mol. The molecule has 0 aliphatic heterocycles. The fourth-order valence-corrected chi connectivity index (χ4v) is 2.66. The number of amides is 2. The summed E-state index contributed by atoms with van der Waals surface area (Å²) in [5.41, 5.74) is 0.243. The maximum Gasteiger partial charge on any atom is 0.408 e. The van der Waals surface area contributed by atoms with Crippen LogP contribution < -0.4 is 20.1 Å². The molecule has 0 fully saturated rings. The van der Waals surface area contributed by atoms with Crippen molar-refractivity contribution in [2.24, 2.45) is 0 Å². The van der Waals surface area contributed by atoms with E-state index in [2.05, 4.69) is 29.4 Å². The second-order valence-corrected chi connectivity index (χ2v) is 7.95. The highest BCUT2D eigenvalue weighted by atomic mass is 16.6. The van der Waals surface area contributed by atoms with E-state index in [0.29, 0.717) is 24.7 Å². The molecular formula is C22H37N3O5. The molecule has 1 rings (SSSR count). The first kappa shape index (κ1) is 25.6. The van der Waals surface area contributed by atoms with Crippen molar-refractivity contribution in [3.8, 4) is 11.5 Å². The number of nitrogens with one attached hydrogen (secondary N) is 2. The van der Waals surface area contributed by atoms with Gasteiger partial charge in [0.05, 0.1) is 7.11 Å². The standard InChI is InChI=1S/C22H37N3O5/c1-8-25(9-2)12-13-29-18-11-10-17(14-19(18)28-7)15-23-20(26)16(3)24-21(27)30-22(4,5)6/h10-11,14,16H,8-9,12-13,15H2,1-7H3,(H,23,26)(H,24,27)/t16-/m1/s1. The van der Waals surface area contributed by atoms with Gasteiger partial charge in [-0.1, -0.05) is 19.9 Å². The van der Waals surface area contributed by atoms with Gasteiger partial charge in [-0.15, -0.1) is 0 Å². The minimum Gasteiger partial charge on any atom is -0.493 e. The zero-order valence-corrected chi connectivity index (χ0v) is 19.3. The van der Waals surface area contributed by atoms with Crippen molar-refractivity contribution >= 4 is 12.0 Å². The van der Waals surface area contributed by atoms with Gasteiger partial charge in [0.15, 0.2) is 11.5 Å². The Morgan fingerprint density at radius 2 is 1.80 bits per heavy atom. The Hall–Kier alpha value is -2.48. The molecule has 8 heteroatoms. The molecule has 30 heavy (non-hydrogen) atoms. The lowest BCUT2D eigenvalue weighted by atomic mass is 10.2. The number of hydrogen-bond donors (Lipinski definition) is 2. The molecular weight excluding hydrogens is 386 g/mol. The first-order chi connectivity index (χ1) is 14.1. The van der Waals surface area contributed by atoms with Gasteiger partial charge in [-0.25, -0.2) is 4.79 Å². The molecule has 0 unspecified atom stereocenters. The summed E-state index contributed by atoms with van der Waals surface area (Å²) >= 11 is 0. The summed E-state index contributed by atoms with van der Waals surface area (Å²) < 4.78 is 16.4. The smallest absolute Gasteiger partial charge is 0.408 e. The average molecular weight is 424 g/mol. The summed E-state index contributed by atoms with van der Waals surface area (Å²) in [6, 6.07) is 4.83. The van der Waals surface area contributed by atoms with Crippen molar-refractivity contribution in [3.63, 3.8) is 0 Å². The maximum absolute atomic E-state index is 12.3. The Kier molecular flexibility index (Phi) is 10.5. The van der Waals surface area contributed by atoms with Crippen LogP contribution >= 0.6 is 0 Å². The van der Waals surface area contributed by atoms with Crippen LogP contribution in [0, 0.1) is 0 Å². The van der Waals surface area contributed by atoms with Gasteiger partial charge in [0.1, 0.15) is 18.2 Å². The van der Waals surface area contributed by atoms with E-state index in [1.807, 2.05) is 18.2 Å². The van der Waals surface area contributed by atoms with E-state index in [1.54, 1.807) is 34.8 Å². The van der Waals surface area contributed by atoms with Gasteiger partial charge in [-0.05, 0) is 58.5 Å². The SMILES string of the molecule is CCN(CC)CCOc1ccc(CNC(=O)[C@@H](C)NC(=O)OC(C)(C)C)cc1OC. The molecule has 0 saturated heterocycles. The fourth-order valence-electron chi connectivity index (χ4n) is 2.66. The molecule has 2 amide bonds. The number of ether oxygens (including phenoxy) is 3. The molecule has 0 radical (unpaired) electrons. The van der Waals surface area contributed by atoms with Crippen LogP contribution in [0.3, 0.4) is 0 Å². The number of likely N-dealkylation sites (N-methyl/N-ethyl adjacent to an activating group) is 1. The van der Waals surface area contributed by atoms with Gasteiger partial charge < -0.3 is 29.7 Å². The highest BCUT2D eigenvalue weighted by Gasteiger charge is 2.21. The lowest BCUT2D eigenvalue weighted by Crippen LogP contribution is -2.46. The van der Waals surface area contributed by atoms with E-state index in [4.69, 9.17) is 14.2 Å². The maximum atomic E-state index is 12.3. The number of alkyl carbamates (subject to hydrolysis) is 1. The summed E-state index contributed by atoms with van der Waals surface area (Å²) in [6.45, 7) is 14.8. The first-order valence-electron chi connectivity index (χ1n) is 10.4. The average Bonchev–Trinajstić information content (AvgIpc) is 2.68. The fraction of sp³-hybridized carbons (Fsp3) is 0.636. The summed E-state index contributed by atoms with van der Waals surface area (Å²) in [5.74, 6) is 0.972. The number of nitrogens with zero attached hydrogens (tertiary/aromatic N) is 1. The van der Waals surface area contributed by atoms with Crippen molar-refractivity contribution in [2.45, 2.75) is 59.7 Å². The first-order valence-corrected chi connectivity index (χ1v) is 10.4. The van der Waals surface area contributed by atoms with Crippen LogP contribution in [0.2, 0.25) is 0 Å². The van der Waals surface area contributed by atoms with E-state index < -0.39 is 17.7 Å². The van der Waals surface area contributed by atoms with Gasteiger partial charge >= 0.3 is 6.09 Å². The van der Waals surface area contributed by atoms with Gasteiger partial charge in [0.25, 0.3) is 0 Å². The number of benzene rings is 1. The molecule has 0 heterocycles. The second-order valence-electron chi connectivity index (χ2n) is 7.95. The molecule has 170 valence electrons. The van der Waals surface area contributed by atoms with E-state index in [-0.39, 0.29) is 5.91 Å². The van der Waals surface area contributed by atoms with Crippen molar-refractivity contribution < 1.29 is 23.8 Å². The minimum absolute atomic E-state index is 0.301. The number of carbonyl (C=O) groups is 2. The van der Waals surface area contributed by atoms with E-state index in [1.165, 1.54) is 0 Å². The van der Waals surface area contributed by atoms with Crippen LogP contribution in [0.25, 0.3) is 0 Å². The molecule has 0 saturated carbocycles. The Morgan fingerprint density at radius 1 is 1.13 bits per heavy atom. The Bertz CT molecular complexity index is 684. The van der Waals surface area contributed by atoms with E-state index in [0.717, 1.165) is 25.2 Å². The number of rotatable bonds is 11. The van der Waals surface area contributed by atoms with Gasteiger partial charge in [0.2, 0.25) is 5.91 Å². The minimum atomic E-state index is -0.718. The molecule has 2 N–H and O–H groups in total. The third kappa shape index (κ3) is 9.35. The molecule has 1 aromatic rings. The zero-order chi connectivity index (χ0) is 22.7. The third-order valence-electron chi connectivity index (χ3n) is 4.38. The summed E-state index contributed by atoms with van der Waals surface area (Å²) in [6.07, 6.45) is -0.627. The van der Waals surface area contributed by atoms with Crippen molar-refractivity contribution in [1.29, 1.82) is 0 Å². The van der Waals surface area contributed by atoms with Crippen LogP contribution in [0.5, 0.6) is 11.5 Å². The molecule has 1 atom stereocenters. The summed E-state index contributed by atoms with van der Waals surface area (Å²) in [7, 11) is 1.59. The molecule has 0 bridgehead atoms.